The van der Waals surface area contributed by atoms with Gasteiger partial charge in [-0.05, 0) is 13.3 Å². The highest BCUT2D eigenvalue weighted by Gasteiger charge is 2.13. The van der Waals surface area contributed by atoms with Crippen molar-refractivity contribution < 1.29 is 10.0 Å². The first kappa shape index (κ1) is 13.7. The van der Waals surface area contributed by atoms with Crippen LogP contribution in [0.1, 0.15) is 13.3 Å². The van der Waals surface area contributed by atoms with Crippen molar-refractivity contribution in [2.45, 2.75) is 13.3 Å². The van der Waals surface area contributed by atoms with Gasteiger partial charge >= 0.3 is 0 Å². The molecule has 0 unspecified atom stereocenters. The molecule has 1 aromatic heterocycles. The topological polar surface area (TPSA) is 79.5 Å². The summed E-state index contributed by atoms with van der Waals surface area (Å²) < 4.78 is 0. The Balaban J connectivity index is 2.98. The summed E-state index contributed by atoms with van der Waals surface area (Å²) in [5.41, 5.74) is -0.0811. The molecule has 1 aromatic rings. The van der Waals surface area contributed by atoms with E-state index >= 15 is 0 Å². The summed E-state index contributed by atoms with van der Waals surface area (Å²) in [5, 5.41) is 19.6. The van der Waals surface area contributed by atoms with Crippen molar-refractivity contribution in [2.75, 3.05) is 24.6 Å². The van der Waals surface area contributed by atoms with Crippen LogP contribution < -0.4 is 4.90 Å². The van der Waals surface area contributed by atoms with E-state index in [0.717, 1.165) is 0 Å². The van der Waals surface area contributed by atoms with Gasteiger partial charge in [0, 0.05) is 19.7 Å². The standard InChI is InChI=1S/C10H14ClN3O3/c1-2-13(4-3-5-15)10-7-8(14(16)17)6-9(11)12-10/h6-7,15H,2-5H2,1H3. The number of pyridine rings is 1. The molecule has 1 heterocycles. The Bertz CT molecular complexity index is 400. The van der Waals surface area contributed by atoms with Gasteiger partial charge in [0.15, 0.2) is 0 Å². The highest BCUT2D eigenvalue weighted by Crippen LogP contribution is 2.23. The number of nitro groups is 1. The van der Waals surface area contributed by atoms with Crippen molar-refractivity contribution in [2.24, 2.45) is 0 Å². The van der Waals surface area contributed by atoms with E-state index in [0.29, 0.717) is 25.3 Å². The second kappa shape index (κ2) is 6.36. The third kappa shape index (κ3) is 3.83. The van der Waals surface area contributed by atoms with Crippen LogP contribution in [0.4, 0.5) is 11.5 Å². The lowest BCUT2D eigenvalue weighted by atomic mass is 10.3. The normalized spacial score (nSPS) is 10.3. The van der Waals surface area contributed by atoms with Gasteiger partial charge in [-0.15, -0.1) is 0 Å². The molecular weight excluding hydrogens is 246 g/mol. The van der Waals surface area contributed by atoms with E-state index in [-0.39, 0.29) is 17.4 Å². The first-order chi connectivity index (χ1) is 8.08. The van der Waals surface area contributed by atoms with Gasteiger partial charge in [-0.25, -0.2) is 4.98 Å². The van der Waals surface area contributed by atoms with E-state index in [9.17, 15) is 10.1 Å². The predicted octanol–water partition coefficient (Wildman–Crippen LogP) is 1.85. The van der Waals surface area contributed by atoms with Crippen LogP contribution in [-0.4, -0.2) is 34.7 Å². The fourth-order valence-corrected chi connectivity index (χ4v) is 1.63. The lowest BCUT2D eigenvalue weighted by molar-refractivity contribution is -0.384. The summed E-state index contributed by atoms with van der Waals surface area (Å²) in [7, 11) is 0. The van der Waals surface area contributed by atoms with Crippen LogP contribution in [0.3, 0.4) is 0 Å². The molecule has 7 heteroatoms. The minimum absolute atomic E-state index is 0.0686. The number of nitrogens with zero attached hydrogens (tertiary/aromatic N) is 3. The maximum absolute atomic E-state index is 10.7. The number of aliphatic hydroxyl groups excluding tert-OH is 1. The largest absolute Gasteiger partial charge is 0.396 e. The van der Waals surface area contributed by atoms with Crippen molar-refractivity contribution in [1.29, 1.82) is 0 Å². The number of halogens is 1. The Morgan fingerprint density at radius 1 is 1.59 bits per heavy atom. The fraction of sp³-hybridized carbons (Fsp3) is 0.500. The zero-order valence-corrected chi connectivity index (χ0v) is 10.2. The maximum Gasteiger partial charge on any atom is 0.276 e. The number of hydrogen-bond acceptors (Lipinski definition) is 5. The Hall–Kier alpha value is -1.40. The molecular formula is C10H14ClN3O3. The highest BCUT2D eigenvalue weighted by atomic mass is 35.5. The van der Waals surface area contributed by atoms with E-state index in [1.54, 1.807) is 0 Å². The van der Waals surface area contributed by atoms with Gasteiger partial charge in [0.25, 0.3) is 5.69 Å². The number of hydrogen-bond donors (Lipinski definition) is 1. The maximum atomic E-state index is 10.7. The summed E-state index contributed by atoms with van der Waals surface area (Å²) in [5.74, 6) is 0.458. The summed E-state index contributed by atoms with van der Waals surface area (Å²) in [6.07, 6.45) is 0.579. The van der Waals surface area contributed by atoms with Crippen LogP contribution in [0.5, 0.6) is 0 Å². The van der Waals surface area contributed by atoms with Crippen LogP contribution in [0.15, 0.2) is 12.1 Å². The molecule has 0 amide bonds. The number of aromatic nitrogens is 1. The van der Waals surface area contributed by atoms with Crippen LogP contribution >= 0.6 is 11.6 Å². The Morgan fingerprint density at radius 2 is 2.29 bits per heavy atom. The Morgan fingerprint density at radius 3 is 2.82 bits per heavy atom. The molecule has 0 bridgehead atoms. The summed E-state index contributed by atoms with van der Waals surface area (Å²) in [4.78, 5) is 16.1. The minimum Gasteiger partial charge on any atom is -0.396 e. The molecule has 17 heavy (non-hydrogen) atoms. The first-order valence-corrected chi connectivity index (χ1v) is 5.64. The van der Waals surface area contributed by atoms with E-state index in [1.165, 1.54) is 12.1 Å². The molecule has 1 N–H and O–H groups in total. The quantitative estimate of drug-likeness (QED) is 0.479. The number of anilines is 1. The molecule has 0 saturated carbocycles. The molecule has 94 valence electrons. The van der Waals surface area contributed by atoms with Crippen LogP contribution in [0, 0.1) is 10.1 Å². The third-order valence-electron chi connectivity index (χ3n) is 2.27. The molecule has 0 aromatic carbocycles. The Kier molecular flexibility index (Phi) is 5.11. The smallest absolute Gasteiger partial charge is 0.276 e. The average Bonchev–Trinajstić information content (AvgIpc) is 2.29. The third-order valence-corrected chi connectivity index (χ3v) is 2.46. The highest BCUT2D eigenvalue weighted by molar-refractivity contribution is 6.29. The zero-order valence-electron chi connectivity index (χ0n) is 9.47. The second-order valence-electron chi connectivity index (χ2n) is 3.42. The van der Waals surface area contributed by atoms with Gasteiger partial charge in [0.1, 0.15) is 11.0 Å². The molecule has 0 saturated heterocycles. The summed E-state index contributed by atoms with van der Waals surface area (Å²) in [6.45, 7) is 3.20. The number of rotatable bonds is 6. The van der Waals surface area contributed by atoms with E-state index in [1.807, 2.05) is 11.8 Å². The van der Waals surface area contributed by atoms with E-state index < -0.39 is 4.92 Å². The van der Waals surface area contributed by atoms with E-state index in [2.05, 4.69) is 4.98 Å². The average molecular weight is 260 g/mol. The van der Waals surface area contributed by atoms with Gasteiger partial charge in [-0.3, -0.25) is 10.1 Å². The molecule has 0 spiro atoms. The van der Waals surface area contributed by atoms with Crippen LogP contribution in [0.25, 0.3) is 0 Å². The summed E-state index contributed by atoms with van der Waals surface area (Å²) >= 11 is 5.74. The zero-order chi connectivity index (χ0) is 12.8. The van der Waals surface area contributed by atoms with Gasteiger partial charge in [0.05, 0.1) is 17.1 Å². The van der Waals surface area contributed by atoms with Gasteiger partial charge in [0.2, 0.25) is 0 Å². The fourth-order valence-electron chi connectivity index (χ4n) is 1.43. The molecule has 6 nitrogen and oxygen atoms in total. The lowest BCUT2D eigenvalue weighted by Crippen LogP contribution is -2.25. The molecule has 0 atom stereocenters. The molecule has 0 radical (unpaired) electrons. The summed E-state index contributed by atoms with van der Waals surface area (Å²) in [6, 6.07) is 2.59. The molecule has 1 rings (SSSR count). The van der Waals surface area contributed by atoms with E-state index in [4.69, 9.17) is 16.7 Å². The van der Waals surface area contributed by atoms with Crippen molar-refractivity contribution in [1.82, 2.24) is 4.98 Å². The van der Waals surface area contributed by atoms with Gasteiger partial charge < -0.3 is 10.0 Å². The first-order valence-electron chi connectivity index (χ1n) is 5.26. The van der Waals surface area contributed by atoms with Crippen molar-refractivity contribution >= 4 is 23.1 Å². The van der Waals surface area contributed by atoms with Crippen molar-refractivity contribution in [3.63, 3.8) is 0 Å². The van der Waals surface area contributed by atoms with Crippen molar-refractivity contribution in [3.05, 3.63) is 27.4 Å². The minimum atomic E-state index is -0.503. The molecule has 0 fully saturated rings. The van der Waals surface area contributed by atoms with Gasteiger partial charge in [-0.1, -0.05) is 11.6 Å². The monoisotopic (exact) mass is 259 g/mol. The molecule has 0 aliphatic heterocycles. The van der Waals surface area contributed by atoms with Gasteiger partial charge in [-0.2, -0.15) is 0 Å². The van der Waals surface area contributed by atoms with Crippen LogP contribution in [-0.2, 0) is 0 Å². The van der Waals surface area contributed by atoms with Crippen LogP contribution in [0.2, 0.25) is 5.15 Å². The van der Waals surface area contributed by atoms with Crippen molar-refractivity contribution in [3.8, 4) is 0 Å². The second-order valence-corrected chi connectivity index (χ2v) is 3.81. The Labute approximate surface area is 104 Å². The molecule has 0 aliphatic rings. The number of aliphatic hydroxyl groups is 1. The predicted molar refractivity (Wildman–Crippen MR) is 65.5 cm³/mol. The lowest BCUT2D eigenvalue weighted by Gasteiger charge is -2.21. The molecule has 0 aliphatic carbocycles. The SMILES string of the molecule is CCN(CCCO)c1cc([N+](=O)[O-])cc(Cl)n1.